The average Bonchev–Trinajstić information content (AvgIpc) is 2.42. The molecule has 0 saturated carbocycles. The zero-order valence-corrected chi connectivity index (χ0v) is 11.3. The van der Waals surface area contributed by atoms with Crippen LogP contribution in [0.2, 0.25) is 5.02 Å². The molecule has 7 heteroatoms. The third-order valence-electron chi connectivity index (χ3n) is 2.67. The lowest BCUT2D eigenvalue weighted by molar-refractivity contribution is 0.1000. The first-order valence-electron chi connectivity index (χ1n) is 5.77. The van der Waals surface area contributed by atoms with Crippen LogP contribution in [0.5, 0.6) is 5.75 Å². The summed E-state index contributed by atoms with van der Waals surface area (Å²) < 4.78 is 13.7. The van der Waals surface area contributed by atoms with Gasteiger partial charge in [-0.1, -0.05) is 17.7 Å². The number of hydrogen-bond donors (Lipinski definition) is 3. The number of carbonyl (C=O) groups excluding carboxylic acids is 2. The van der Waals surface area contributed by atoms with E-state index in [1.807, 2.05) is 0 Å². The minimum atomic E-state index is -0.876. The summed E-state index contributed by atoms with van der Waals surface area (Å²) in [7, 11) is 0. The Morgan fingerprint density at radius 1 is 1.19 bits per heavy atom. The highest BCUT2D eigenvalue weighted by atomic mass is 35.5. The highest BCUT2D eigenvalue weighted by Crippen LogP contribution is 2.30. The highest BCUT2D eigenvalue weighted by molar-refractivity contribution is 6.34. The van der Waals surface area contributed by atoms with Gasteiger partial charge in [-0.3, -0.25) is 9.59 Å². The van der Waals surface area contributed by atoms with Crippen LogP contribution in [0.4, 0.5) is 10.1 Å². The lowest BCUT2D eigenvalue weighted by Crippen LogP contribution is -2.16. The number of phenolic OH excluding ortho intramolecular Hbond substituents is 1. The van der Waals surface area contributed by atoms with Crippen molar-refractivity contribution in [2.45, 2.75) is 0 Å². The summed E-state index contributed by atoms with van der Waals surface area (Å²) >= 11 is 5.76. The van der Waals surface area contributed by atoms with Crippen LogP contribution in [0, 0.1) is 5.82 Å². The van der Waals surface area contributed by atoms with Crippen molar-refractivity contribution in [3.8, 4) is 5.75 Å². The van der Waals surface area contributed by atoms with Gasteiger partial charge in [0.1, 0.15) is 5.75 Å². The molecule has 108 valence electrons. The smallest absolute Gasteiger partial charge is 0.255 e. The van der Waals surface area contributed by atoms with Crippen molar-refractivity contribution < 1.29 is 19.1 Å². The summed E-state index contributed by atoms with van der Waals surface area (Å²) in [6, 6.07) is 7.57. The SMILES string of the molecule is NC(=O)c1cccc(C(=O)Nc2c(F)cc(O)cc2Cl)c1. The van der Waals surface area contributed by atoms with Gasteiger partial charge in [-0.2, -0.15) is 0 Å². The number of aromatic hydroxyl groups is 1. The Morgan fingerprint density at radius 3 is 2.48 bits per heavy atom. The summed E-state index contributed by atoms with van der Waals surface area (Å²) in [5.41, 5.74) is 5.13. The second-order valence-corrected chi connectivity index (χ2v) is 4.59. The molecule has 0 atom stereocenters. The number of benzene rings is 2. The lowest BCUT2D eigenvalue weighted by atomic mass is 10.1. The van der Waals surface area contributed by atoms with Crippen molar-refractivity contribution in [2.24, 2.45) is 5.73 Å². The maximum Gasteiger partial charge on any atom is 0.255 e. The Balaban J connectivity index is 2.30. The highest BCUT2D eigenvalue weighted by Gasteiger charge is 2.15. The van der Waals surface area contributed by atoms with Crippen LogP contribution >= 0.6 is 11.6 Å². The zero-order chi connectivity index (χ0) is 15.6. The van der Waals surface area contributed by atoms with Crippen LogP contribution in [0.3, 0.4) is 0 Å². The quantitative estimate of drug-likeness (QED) is 0.761. The number of nitrogens with two attached hydrogens (primary N) is 1. The number of carbonyl (C=O) groups is 2. The zero-order valence-electron chi connectivity index (χ0n) is 10.6. The number of halogens is 2. The van der Waals surface area contributed by atoms with Gasteiger partial charge in [-0.15, -0.1) is 0 Å². The van der Waals surface area contributed by atoms with Gasteiger partial charge in [0.2, 0.25) is 5.91 Å². The molecule has 0 fully saturated rings. The normalized spacial score (nSPS) is 10.2. The van der Waals surface area contributed by atoms with Crippen LogP contribution in [-0.2, 0) is 0 Å². The molecule has 0 unspecified atom stereocenters. The van der Waals surface area contributed by atoms with E-state index >= 15 is 0 Å². The predicted octanol–water partition coefficient (Wildman–Crippen LogP) is 2.54. The molecule has 2 aromatic carbocycles. The predicted molar refractivity (Wildman–Crippen MR) is 76.0 cm³/mol. The van der Waals surface area contributed by atoms with Gasteiger partial charge in [0, 0.05) is 23.3 Å². The lowest BCUT2D eigenvalue weighted by Gasteiger charge is -2.09. The molecule has 0 aliphatic rings. The van der Waals surface area contributed by atoms with Gasteiger partial charge in [0.25, 0.3) is 5.91 Å². The van der Waals surface area contributed by atoms with Crippen LogP contribution in [0.25, 0.3) is 0 Å². The van der Waals surface area contributed by atoms with Crippen LogP contribution in [0.1, 0.15) is 20.7 Å². The molecule has 0 spiro atoms. The maximum absolute atomic E-state index is 13.7. The summed E-state index contributed by atoms with van der Waals surface area (Å²) in [5, 5.41) is 11.3. The molecule has 2 amide bonds. The van der Waals surface area contributed by atoms with Gasteiger partial charge < -0.3 is 16.2 Å². The number of primary amides is 1. The Labute approximate surface area is 124 Å². The minimum absolute atomic E-state index is 0.120. The summed E-state index contributed by atoms with van der Waals surface area (Å²) in [4.78, 5) is 23.1. The van der Waals surface area contributed by atoms with Crippen molar-refractivity contribution >= 4 is 29.1 Å². The van der Waals surface area contributed by atoms with E-state index in [2.05, 4.69) is 5.32 Å². The van der Waals surface area contributed by atoms with E-state index in [-0.39, 0.29) is 27.6 Å². The number of anilines is 1. The standard InChI is InChI=1S/C14H10ClFN2O3/c15-10-5-9(19)6-11(16)12(10)18-14(21)8-3-1-2-7(4-8)13(17)20/h1-6,19H,(H2,17,20)(H,18,21). The molecule has 0 aliphatic carbocycles. The van der Waals surface area contributed by atoms with E-state index in [0.29, 0.717) is 0 Å². The Hall–Kier alpha value is -2.60. The van der Waals surface area contributed by atoms with Crippen molar-refractivity contribution in [1.82, 2.24) is 0 Å². The first-order valence-corrected chi connectivity index (χ1v) is 6.15. The molecule has 21 heavy (non-hydrogen) atoms. The Kier molecular flexibility index (Phi) is 4.09. The molecule has 0 radical (unpaired) electrons. The number of amides is 2. The molecule has 2 aromatic rings. The molecule has 0 aliphatic heterocycles. The van der Waals surface area contributed by atoms with Gasteiger partial charge in [-0.25, -0.2) is 4.39 Å². The van der Waals surface area contributed by atoms with Gasteiger partial charge in [0.05, 0.1) is 10.7 Å². The monoisotopic (exact) mass is 308 g/mol. The van der Waals surface area contributed by atoms with E-state index in [1.165, 1.54) is 24.3 Å². The van der Waals surface area contributed by atoms with E-state index in [4.69, 9.17) is 17.3 Å². The van der Waals surface area contributed by atoms with E-state index in [0.717, 1.165) is 12.1 Å². The third-order valence-corrected chi connectivity index (χ3v) is 2.97. The van der Waals surface area contributed by atoms with E-state index < -0.39 is 17.6 Å². The van der Waals surface area contributed by atoms with Gasteiger partial charge in [0.15, 0.2) is 5.82 Å². The molecular formula is C14H10ClFN2O3. The number of phenols is 1. The number of rotatable bonds is 3. The van der Waals surface area contributed by atoms with Gasteiger partial charge in [-0.05, 0) is 18.2 Å². The molecule has 0 bridgehead atoms. The average molecular weight is 309 g/mol. The summed E-state index contributed by atoms with van der Waals surface area (Å²) in [6.45, 7) is 0. The fourth-order valence-corrected chi connectivity index (χ4v) is 1.93. The maximum atomic E-state index is 13.7. The molecule has 0 heterocycles. The van der Waals surface area contributed by atoms with Crippen LogP contribution in [0.15, 0.2) is 36.4 Å². The first kappa shape index (κ1) is 14.8. The molecule has 0 aromatic heterocycles. The van der Waals surface area contributed by atoms with E-state index in [1.54, 1.807) is 0 Å². The topological polar surface area (TPSA) is 92.4 Å². The molecule has 2 rings (SSSR count). The number of hydrogen-bond acceptors (Lipinski definition) is 3. The minimum Gasteiger partial charge on any atom is -0.508 e. The van der Waals surface area contributed by atoms with Crippen molar-refractivity contribution in [2.75, 3.05) is 5.32 Å². The number of nitrogens with one attached hydrogen (secondary N) is 1. The fourth-order valence-electron chi connectivity index (χ4n) is 1.68. The Bertz CT molecular complexity index is 711. The second-order valence-electron chi connectivity index (χ2n) is 4.18. The molecule has 4 N–H and O–H groups in total. The summed E-state index contributed by atoms with van der Waals surface area (Å²) in [6.07, 6.45) is 0. The second kappa shape index (κ2) is 5.80. The van der Waals surface area contributed by atoms with Crippen molar-refractivity contribution in [1.29, 1.82) is 0 Å². The fraction of sp³-hybridized carbons (Fsp3) is 0. The third kappa shape index (κ3) is 3.29. The first-order chi connectivity index (χ1) is 9.88. The molecule has 5 nitrogen and oxygen atoms in total. The van der Waals surface area contributed by atoms with Crippen molar-refractivity contribution in [3.05, 3.63) is 58.4 Å². The largest absolute Gasteiger partial charge is 0.508 e. The molecule has 0 saturated heterocycles. The van der Waals surface area contributed by atoms with Crippen molar-refractivity contribution in [3.63, 3.8) is 0 Å². The van der Waals surface area contributed by atoms with E-state index in [9.17, 15) is 19.1 Å². The van der Waals surface area contributed by atoms with Crippen LogP contribution < -0.4 is 11.1 Å². The van der Waals surface area contributed by atoms with Gasteiger partial charge >= 0.3 is 0 Å². The van der Waals surface area contributed by atoms with Crippen LogP contribution in [-0.4, -0.2) is 16.9 Å². The summed E-state index contributed by atoms with van der Waals surface area (Å²) in [5.74, 6) is -2.58. The molecular weight excluding hydrogens is 299 g/mol. The Morgan fingerprint density at radius 2 is 1.86 bits per heavy atom.